The van der Waals surface area contributed by atoms with Gasteiger partial charge < -0.3 is 15.2 Å². The van der Waals surface area contributed by atoms with Gasteiger partial charge in [-0.3, -0.25) is 4.79 Å². The molecule has 3 rings (SSSR count). The fourth-order valence-corrected chi connectivity index (χ4v) is 2.60. The fourth-order valence-electron chi connectivity index (χ4n) is 2.60. The second-order valence-corrected chi connectivity index (χ2v) is 5.57. The van der Waals surface area contributed by atoms with Gasteiger partial charge in [-0.25, -0.2) is 4.79 Å². The number of rotatable bonds is 6. The number of fused-ring (bicyclic) bond motifs is 1. The number of carboxylic acids is 1. The van der Waals surface area contributed by atoms with E-state index < -0.39 is 12.6 Å². The Morgan fingerprint density at radius 1 is 0.920 bits per heavy atom. The van der Waals surface area contributed by atoms with Crippen molar-refractivity contribution in [2.45, 2.75) is 6.42 Å². The van der Waals surface area contributed by atoms with Gasteiger partial charge in [0.2, 0.25) is 5.91 Å². The molecular formula is C20H17NO4. The highest BCUT2D eigenvalue weighted by atomic mass is 16.5. The second-order valence-electron chi connectivity index (χ2n) is 5.57. The number of ether oxygens (including phenoxy) is 1. The van der Waals surface area contributed by atoms with E-state index in [1.54, 1.807) is 24.3 Å². The van der Waals surface area contributed by atoms with Crippen molar-refractivity contribution in [3.8, 4) is 5.75 Å². The molecule has 0 aromatic heterocycles. The molecule has 5 heteroatoms. The van der Waals surface area contributed by atoms with Crippen molar-refractivity contribution in [3.05, 3.63) is 72.3 Å². The van der Waals surface area contributed by atoms with E-state index >= 15 is 0 Å². The first-order chi connectivity index (χ1) is 12.1. The Kier molecular flexibility index (Phi) is 4.95. The largest absolute Gasteiger partial charge is 0.482 e. The summed E-state index contributed by atoms with van der Waals surface area (Å²) >= 11 is 0. The van der Waals surface area contributed by atoms with Crippen LogP contribution in [0.1, 0.15) is 5.56 Å². The Morgan fingerprint density at radius 2 is 1.64 bits per heavy atom. The van der Waals surface area contributed by atoms with Crippen LogP contribution in [0.3, 0.4) is 0 Å². The number of carbonyl (C=O) groups is 2. The average molecular weight is 335 g/mol. The van der Waals surface area contributed by atoms with Crippen LogP contribution < -0.4 is 10.1 Å². The van der Waals surface area contributed by atoms with Crippen LogP contribution in [-0.4, -0.2) is 23.6 Å². The van der Waals surface area contributed by atoms with E-state index in [4.69, 9.17) is 9.84 Å². The van der Waals surface area contributed by atoms with Crippen LogP contribution in [0, 0.1) is 0 Å². The molecule has 0 aliphatic rings. The van der Waals surface area contributed by atoms with Gasteiger partial charge in [0.15, 0.2) is 6.61 Å². The van der Waals surface area contributed by atoms with Gasteiger partial charge in [0.05, 0.1) is 6.42 Å². The normalized spacial score (nSPS) is 10.4. The molecule has 3 aromatic carbocycles. The SMILES string of the molecule is O=C(O)COc1ccc(NC(=O)Cc2cccc3ccccc23)cc1. The molecular weight excluding hydrogens is 318 g/mol. The van der Waals surface area contributed by atoms with Crippen LogP contribution in [-0.2, 0) is 16.0 Å². The third kappa shape index (κ3) is 4.35. The summed E-state index contributed by atoms with van der Waals surface area (Å²) in [5.41, 5.74) is 1.60. The number of amides is 1. The van der Waals surface area contributed by atoms with Crippen LogP contribution in [0.25, 0.3) is 10.8 Å². The summed E-state index contributed by atoms with van der Waals surface area (Å²) in [6.45, 7) is -0.396. The highest BCUT2D eigenvalue weighted by Crippen LogP contribution is 2.20. The van der Waals surface area contributed by atoms with Crippen LogP contribution >= 0.6 is 0 Å². The molecule has 0 spiro atoms. The van der Waals surface area contributed by atoms with Gasteiger partial charge in [-0.2, -0.15) is 0 Å². The topological polar surface area (TPSA) is 75.6 Å². The monoisotopic (exact) mass is 335 g/mol. The summed E-state index contributed by atoms with van der Waals surface area (Å²) in [6.07, 6.45) is 0.276. The molecule has 25 heavy (non-hydrogen) atoms. The number of benzene rings is 3. The Morgan fingerprint density at radius 3 is 2.40 bits per heavy atom. The van der Waals surface area contributed by atoms with Crippen molar-refractivity contribution in [1.29, 1.82) is 0 Å². The lowest BCUT2D eigenvalue weighted by atomic mass is 10.0. The number of hydrogen-bond donors (Lipinski definition) is 2. The van der Waals surface area contributed by atoms with E-state index in [0.717, 1.165) is 16.3 Å². The number of carbonyl (C=O) groups excluding carboxylic acids is 1. The number of anilines is 1. The first-order valence-electron chi connectivity index (χ1n) is 7.83. The molecule has 0 aliphatic carbocycles. The molecule has 0 saturated heterocycles. The molecule has 0 atom stereocenters. The molecule has 3 aromatic rings. The third-order valence-corrected chi connectivity index (χ3v) is 3.73. The molecule has 0 saturated carbocycles. The standard InChI is InChI=1S/C20H17NO4/c22-19(12-15-6-3-5-14-4-1-2-7-18(14)15)21-16-8-10-17(11-9-16)25-13-20(23)24/h1-11H,12-13H2,(H,21,22)(H,23,24). The third-order valence-electron chi connectivity index (χ3n) is 3.73. The zero-order valence-corrected chi connectivity index (χ0v) is 13.4. The van der Waals surface area contributed by atoms with Gasteiger partial charge in [0, 0.05) is 5.69 Å². The molecule has 1 amide bonds. The van der Waals surface area contributed by atoms with E-state index in [0.29, 0.717) is 11.4 Å². The molecule has 0 unspecified atom stereocenters. The van der Waals surface area contributed by atoms with Crippen molar-refractivity contribution >= 4 is 28.3 Å². The van der Waals surface area contributed by atoms with E-state index in [-0.39, 0.29) is 12.3 Å². The maximum atomic E-state index is 12.3. The Balaban J connectivity index is 1.65. The summed E-state index contributed by atoms with van der Waals surface area (Å²) in [7, 11) is 0. The van der Waals surface area contributed by atoms with E-state index in [1.807, 2.05) is 42.5 Å². The van der Waals surface area contributed by atoms with Crippen molar-refractivity contribution in [2.24, 2.45) is 0 Å². The number of carboxylic acid groups (broad SMARTS) is 1. The Bertz CT molecular complexity index is 898. The highest BCUT2D eigenvalue weighted by molar-refractivity contribution is 5.96. The van der Waals surface area contributed by atoms with Crippen LogP contribution in [0.4, 0.5) is 5.69 Å². The quantitative estimate of drug-likeness (QED) is 0.723. The predicted molar refractivity (Wildman–Crippen MR) is 95.9 cm³/mol. The molecule has 0 aliphatic heterocycles. The van der Waals surface area contributed by atoms with Crippen molar-refractivity contribution < 1.29 is 19.4 Å². The lowest BCUT2D eigenvalue weighted by molar-refractivity contribution is -0.139. The van der Waals surface area contributed by atoms with Crippen LogP contribution in [0.15, 0.2) is 66.7 Å². The lowest BCUT2D eigenvalue weighted by Gasteiger charge is -2.09. The molecule has 0 fully saturated rings. The lowest BCUT2D eigenvalue weighted by Crippen LogP contribution is -2.14. The molecule has 0 heterocycles. The maximum absolute atomic E-state index is 12.3. The molecule has 0 bridgehead atoms. The minimum Gasteiger partial charge on any atom is -0.482 e. The van der Waals surface area contributed by atoms with Gasteiger partial charge in [0.1, 0.15) is 5.75 Å². The van der Waals surface area contributed by atoms with E-state index in [9.17, 15) is 9.59 Å². The van der Waals surface area contributed by atoms with E-state index in [2.05, 4.69) is 5.32 Å². The van der Waals surface area contributed by atoms with Crippen LogP contribution in [0.5, 0.6) is 5.75 Å². The van der Waals surface area contributed by atoms with Crippen LogP contribution in [0.2, 0.25) is 0 Å². The summed E-state index contributed by atoms with van der Waals surface area (Å²) < 4.78 is 5.06. The maximum Gasteiger partial charge on any atom is 0.341 e. The Labute approximate surface area is 144 Å². The second kappa shape index (κ2) is 7.49. The minimum absolute atomic E-state index is 0.115. The molecule has 2 N–H and O–H groups in total. The first kappa shape index (κ1) is 16.5. The molecule has 0 radical (unpaired) electrons. The summed E-state index contributed by atoms with van der Waals surface area (Å²) in [4.78, 5) is 22.8. The van der Waals surface area contributed by atoms with Gasteiger partial charge in [-0.15, -0.1) is 0 Å². The van der Waals surface area contributed by atoms with Crippen molar-refractivity contribution in [1.82, 2.24) is 0 Å². The molecule has 126 valence electrons. The predicted octanol–water partition coefficient (Wildman–Crippen LogP) is 3.48. The first-order valence-corrected chi connectivity index (χ1v) is 7.83. The van der Waals surface area contributed by atoms with Gasteiger partial charge in [-0.1, -0.05) is 42.5 Å². The van der Waals surface area contributed by atoms with Gasteiger partial charge in [-0.05, 0) is 40.6 Å². The summed E-state index contributed by atoms with van der Waals surface area (Å²) in [6, 6.07) is 20.5. The van der Waals surface area contributed by atoms with Crippen molar-refractivity contribution in [3.63, 3.8) is 0 Å². The summed E-state index contributed by atoms with van der Waals surface area (Å²) in [5.74, 6) is -0.711. The van der Waals surface area contributed by atoms with Crippen molar-refractivity contribution in [2.75, 3.05) is 11.9 Å². The molecule has 5 nitrogen and oxygen atoms in total. The zero-order chi connectivity index (χ0) is 17.6. The number of nitrogens with one attached hydrogen (secondary N) is 1. The number of aliphatic carboxylic acids is 1. The highest BCUT2D eigenvalue weighted by Gasteiger charge is 2.08. The summed E-state index contributed by atoms with van der Waals surface area (Å²) in [5, 5.41) is 13.6. The zero-order valence-electron chi connectivity index (χ0n) is 13.4. The van der Waals surface area contributed by atoms with E-state index in [1.165, 1.54) is 0 Å². The fraction of sp³-hybridized carbons (Fsp3) is 0.100. The average Bonchev–Trinajstić information content (AvgIpc) is 2.61. The number of hydrogen-bond acceptors (Lipinski definition) is 3. The minimum atomic E-state index is -1.03. The Hall–Kier alpha value is -3.34. The van der Waals surface area contributed by atoms with Gasteiger partial charge in [0.25, 0.3) is 0 Å². The smallest absolute Gasteiger partial charge is 0.341 e. The van der Waals surface area contributed by atoms with Gasteiger partial charge >= 0.3 is 5.97 Å².